The van der Waals surface area contributed by atoms with E-state index in [2.05, 4.69) is 39.9 Å². The highest BCUT2D eigenvalue weighted by atomic mass is 16.2. The van der Waals surface area contributed by atoms with Gasteiger partial charge in [0.25, 0.3) is 0 Å². The molecule has 0 heterocycles. The van der Waals surface area contributed by atoms with E-state index >= 15 is 0 Å². The van der Waals surface area contributed by atoms with Crippen LogP contribution in [0.25, 0.3) is 0 Å². The average molecular weight is 214 g/mol. The Kier molecular flexibility index (Phi) is 5.29. The maximum absolute atomic E-state index is 11.7. The van der Waals surface area contributed by atoms with E-state index in [1.54, 1.807) is 0 Å². The van der Waals surface area contributed by atoms with Crippen molar-refractivity contribution in [2.45, 2.75) is 60.0 Å². The maximum Gasteiger partial charge on any atom is 0.237 e. The van der Waals surface area contributed by atoms with Gasteiger partial charge in [0.1, 0.15) is 0 Å². The molecular weight excluding hydrogens is 188 g/mol. The number of hydrogen-bond acceptors (Lipinski definition) is 2. The SMILES string of the molecule is CC(C)C[C@H](N)C(=O)NC(C)C(C)(C)C. The molecule has 0 rings (SSSR count). The fourth-order valence-corrected chi connectivity index (χ4v) is 1.15. The first-order chi connectivity index (χ1) is 6.64. The van der Waals surface area contributed by atoms with Crippen molar-refractivity contribution in [3.05, 3.63) is 0 Å². The molecule has 0 spiro atoms. The standard InChI is InChI=1S/C12H26N2O/c1-8(2)7-10(13)11(15)14-9(3)12(4,5)6/h8-10H,7,13H2,1-6H3,(H,14,15)/t9?,10-/m0/s1. The van der Waals surface area contributed by atoms with E-state index in [1.165, 1.54) is 0 Å². The number of amides is 1. The van der Waals surface area contributed by atoms with E-state index in [0.717, 1.165) is 6.42 Å². The molecule has 1 unspecified atom stereocenters. The number of hydrogen-bond donors (Lipinski definition) is 2. The van der Waals surface area contributed by atoms with E-state index in [-0.39, 0.29) is 23.4 Å². The van der Waals surface area contributed by atoms with E-state index < -0.39 is 0 Å². The molecular formula is C12H26N2O. The van der Waals surface area contributed by atoms with Crippen molar-refractivity contribution in [2.24, 2.45) is 17.1 Å². The smallest absolute Gasteiger partial charge is 0.237 e. The van der Waals surface area contributed by atoms with Crippen molar-refractivity contribution in [1.82, 2.24) is 5.32 Å². The lowest BCUT2D eigenvalue weighted by atomic mass is 9.88. The van der Waals surface area contributed by atoms with Crippen LogP contribution >= 0.6 is 0 Å². The van der Waals surface area contributed by atoms with Crippen molar-refractivity contribution in [1.29, 1.82) is 0 Å². The predicted octanol–water partition coefficient (Wildman–Crippen LogP) is 1.91. The maximum atomic E-state index is 11.7. The molecule has 0 aromatic heterocycles. The Hall–Kier alpha value is -0.570. The summed E-state index contributed by atoms with van der Waals surface area (Å²) in [4.78, 5) is 11.7. The quantitative estimate of drug-likeness (QED) is 0.751. The summed E-state index contributed by atoms with van der Waals surface area (Å²) in [7, 11) is 0. The van der Waals surface area contributed by atoms with Crippen LogP contribution in [-0.4, -0.2) is 18.0 Å². The van der Waals surface area contributed by atoms with Crippen LogP contribution in [0.2, 0.25) is 0 Å². The van der Waals surface area contributed by atoms with Gasteiger partial charge in [-0.15, -0.1) is 0 Å². The van der Waals surface area contributed by atoms with Crippen molar-refractivity contribution in [3.63, 3.8) is 0 Å². The summed E-state index contributed by atoms with van der Waals surface area (Å²) in [5.74, 6) is 0.418. The lowest BCUT2D eigenvalue weighted by molar-refractivity contribution is -0.124. The second kappa shape index (κ2) is 5.50. The lowest BCUT2D eigenvalue weighted by Gasteiger charge is -2.29. The second-order valence-corrected chi connectivity index (χ2v) is 5.83. The normalized spacial score (nSPS) is 16.3. The number of nitrogens with two attached hydrogens (primary N) is 1. The van der Waals surface area contributed by atoms with Crippen molar-refractivity contribution in [3.8, 4) is 0 Å². The van der Waals surface area contributed by atoms with Crippen LogP contribution in [0, 0.1) is 11.3 Å². The third kappa shape index (κ3) is 5.78. The lowest BCUT2D eigenvalue weighted by Crippen LogP contribution is -2.49. The van der Waals surface area contributed by atoms with Gasteiger partial charge in [-0.25, -0.2) is 0 Å². The zero-order valence-electron chi connectivity index (χ0n) is 10.9. The van der Waals surface area contributed by atoms with Gasteiger partial charge >= 0.3 is 0 Å². The minimum absolute atomic E-state index is 0.0360. The van der Waals surface area contributed by atoms with E-state index in [0.29, 0.717) is 5.92 Å². The summed E-state index contributed by atoms with van der Waals surface area (Å²) < 4.78 is 0. The Bertz CT molecular complexity index is 206. The summed E-state index contributed by atoms with van der Waals surface area (Å²) in [6.07, 6.45) is 0.739. The molecule has 0 aliphatic carbocycles. The summed E-state index contributed by atoms with van der Waals surface area (Å²) in [6, 6.07) is -0.238. The third-order valence-corrected chi connectivity index (χ3v) is 2.72. The van der Waals surface area contributed by atoms with Gasteiger partial charge in [-0.2, -0.15) is 0 Å². The van der Waals surface area contributed by atoms with Crippen LogP contribution in [0.1, 0.15) is 48.0 Å². The van der Waals surface area contributed by atoms with Crippen LogP contribution in [0.5, 0.6) is 0 Å². The molecule has 0 saturated heterocycles. The molecule has 3 nitrogen and oxygen atoms in total. The Balaban J connectivity index is 4.14. The van der Waals surface area contributed by atoms with Crippen LogP contribution < -0.4 is 11.1 Å². The van der Waals surface area contributed by atoms with E-state index in [9.17, 15) is 4.79 Å². The first-order valence-corrected chi connectivity index (χ1v) is 5.70. The summed E-state index contributed by atoms with van der Waals surface area (Å²) >= 11 is 0. The van der Waals surface area contributed by atoms with Crippen LogP contribution in [0.3, 0.4) is 0 Å². The first-order valence-electron chi connectivity index (χ1n) is 5.70. The van der Waals surface area contributed by atoms with Crippen LogP contribution in [0.4, 0.5) is 0 Å². The highest BCUT2D eigenvalue weighted by molar-refractivity contribution is 5.81. The largest absolute Gasteiger partial charge is 0.352 e. The van der Waals surface area contributed by atoms with Crippen LogP contribution in [0.15, 0.2) is 0 Å². The fourth-order valence-electron chi connectivity index (χ4n) is 1.15. The molecule has 0 saturated carbocycles. The molecule has 0 aromatic carbocycles. The molecule has 15 heavy (non-hydrogen) atoms. The Labute approximate surface area is 93.8 Å². The zero-order chi connectivity index (χ0) is 12.2. The number of nitrogens with one attached hydrogen (secondary N) is 1. The summed E-state index contributed by atoms with van der Waals surface area (Å²) in [5.41, 5.74) is 5.87. The molecule has 3 N–H and O–H groups in total. The molecule has 0 aliphatic heterocycles. The Morgan fingerprint density at radius 3 is 2.07 bits per heavy atom. The second-order valence-electron chi connectivity index (χ2n) is 5.83. The van der Waals surface area contributed by atoms with Gasteiger partial charge in [-0.1, -0.05) is 34.6 Å². The predicted molar refractivity (Wildman–Crippen MR) is 64.5 cm³/mol. The van der Waals surface area contributed by atoms with Gasteiger partial charge in [0.2, 0.25) is 5.91 Å². The van der Waals surface area contributed by atoms with Gasteiger partial charge in [0, 0.05) is 6.04 Å². The van der Waals surface area contributed by atoms with E-state index in [4.69, 9.17) is 5.73 Å². The number of rotatable bonds is 4. The van der Waals surface area contributed by atoms with Gasteiger partial charge in [-0.3, -0.25) is 4.79 Å². The molecule has 90 valence electrons. The number of carbonyl (C=O) groups is 1. The van der Waals surface area contributed by atoms with Gasteiger partial charge in [0.15, 0.2) is 0 Å². The summed E-state index contributed by atoms with van der Waals surface area (Å²) in [5, 5.41) is 2.96. The summed E-state index contributed by atoms with van der Waals surface area (Å²) in [6.45, 7) is 12.5. The van der Waals surface area contributed by atoms with Crippen molar-refractivity contribution < 1.29 is 4.79 Å². The molecule has 3 heteroatoms. The monoisotopic (exact) mass is 214 g/mol. The van der Waals surface area contributed by atoms with Gasteiger partial charge < -0.3 is 11.1 Å². The molecule has 1 amide bonds. The third-order valence-electron chi connectivity index (χ3n) is 2.72. The Morgan fingerprint density at radius 1 is 1.27 bits per heavy atom. The Morgan fingerprint density at radius 2 is 1.73 bits per heavy atom. The highest BCUT2D eigenvalue weighted by Crippen LogP contribution is 2.18. The van der Waals surface area contributed by atoms with Crippen molar-refractivity contribution >= 4 is 5.91 Å². The van der Waals surface area contributed by atoms with Gasteiger partial charge in [-0.05, 0) is 24.7 Å². The van der Waals surface area contributed by atoms with Gasteiger partial charge in [0.05, 0.1) is 6.04 Å². The molecule has 0 fully saturated rings. The molecule has 2 atom stereocenters. The fraction of sp³-hybridized carbons (Fsp3) is 0.917. The molecule has 0 aliphatic rings. The molecule has 0 aromatic rings. The molecule has 0 radical (unpaired) electrons. The topological polar surface area (TPSA) is 55.1 Å². The van der Waals surface area contributed by atoms with Crippen LogP contribution in [-0.2, 0) is 4.79 Å². The minimum Gasteiger partial charge on any atom is -0.352 e. The van der Waals surface area contributed by atoms with E-state index in [1.807, 2.05) is 6.92 Å². The minimum atomic E-state index is -0.380. The molecule has 0 bridgehead atoms. The van der Waals surface area contributed by atoms with Crippen molar-refractivity contribution in [2.75, 3.05) is 0 Å². The highest BCUT2D eigenvalue weighted by Gasteiger charge is 2.24. The number of carbonyl (C=O) groups excluding carboxylic acids is 1. The first kappa shape index (κ1) is 14.4. The zero-order valence-corrected chi connectivity index (χ0v) is 10.9. The average Bonchev–Trinajstić information content (AvgIpc) is 2.00.